The zero-order chi connectivity index (χ0) is 13.0. The summed E-state index contributed by atoms with van der Waals surface area (Å²) >= 11 is 0. The lowest BCUT2D eigenvalue weighted by Gasteiger charge is -2.18. The van der Waals surface area contributed by atoms with Crippen LogP contribution in [-0.2, 0) is 23.8 Å². The Labute approximate surface area is 90.6 Å². The molecule has 0 aliphatic rings. The van der Waals surface area contributed by atoms with Gasteiger partial charge >= 0.3 is 12.1 Å². The van der Waals surface area contributed by atoms with E-state index in [-0.39, 0.29) is 6.61 Å². The lowest BCUT2D eigenvalue weighted by Crippen LogP contribution is -2.36. The average molecular weight is 264 g/mol. The minimum atomic E-state index is -4.95. The van der Waals surface area contributed by atoms with Crippen LogP contribution in [0.3, 0.4) is 0 Å². The molecule has 0 aromatic rings. The van der Waals surface area contributed by atoms with Gasteiger partial charge in [-0.15, -0.1) is 0 Å². The molecule has 0 fully saturated rings. The van der Waals surface area contributed by atoms with Gasteiger partial charge in [0.2, 0.25) is 0 Å². The second-order valence-corrected chi connectivity index (χ2v) is 4.44. The summed E-state index contributed by atoms with van der Waals surface area (Å²) in [5.74, 6) is -1.17. The topological polar surface area (TPSA) is 69.7 Å². The summed E-state index contributed by atoms with van der Waals surface area (Å²) in [4.78, 5) is 10.8. The van der Waals surface area contributed by atoms with Gasteiger partial charge in [-0.1, -0.05) is 0 Å². The molecule has 0 aromatic carbocycles. The smallest absolute Gasteiger partial charge is 0.416 e. The van der Waals surface area contributed by atoms with E-state index in [2.05, 4.69) is 8.92 Å². The maximum atomic E-state index is 12.3. The van der Waals surface area contributed by atoms with Crippen molar-refractivity contribution in [3.05, 3.63) is 0 Å². The summed E-state index contributed by atoms with van der Waals surface area (Å²) in [6.45, 7) is 1.32. The summed E-state index contributed by atoms with van der Waals surface area (Å²) in [7, 11) is -4.29. The van der Waals surface area contributed by atoms with Crippen LogP contribution in [0.5, 0.6) is 0 Å². The van der Waals surface area contributed by atoms with Gasteiger partial charge in [0.25, 0.3) is 10.1 Å². The molecule has 1 atom stereocenters. The van der Waals surface area contributed by atoms with E-state index in [0.29, 0.717) is 6.26 Å². The molecule has 0 bridgehead atoms. The van der Waals surface area contributed by atoms with Crippen molar-refractivity contribution in [2.75, 3.05) is 12.9 Å². The molecule has 0 aromatic heterocycles. The number of esters is 1. The van der Waals surface area contributed by atoms with Crippen molar-refractivity contribution in [2.45, 2.75) is 25.6 Å². The highest BCUT2D eigenvalue weighted by Crippen LogP contribution is 2.26. The van der Waals surface area contributed by atoms with Gasteiger partial charge < -0.3 is 4.74 Å². The predicted octanol–water partition coefficient (Wildman–Crippen LogP) is 0.847. The van der Waals surface area contributed by atoms with Crippen molar-refractivity contribution in [1.82, 2.24) is 0 Å². The highest BCUT2D eigenvalue weighted by atomic mass is 32.2. The molecule has 0 saturated carbocycles. The number of carbonyl (C=O) groups excluding carboxylic acids is 1. The summed E-state index contributed by atoms with van der Waals surface area (Å²) in [6, 6.07) is 0. The zero-order valence-electron chi connectivity index (χ0n) is 8.57. The summed E-state index contributed by atoms with van der Waals surface area (Å²) in [5.41, 5.74) is 0. The van der Waals surface area contributed by atoms with E-state index in [1.165, 1.54) is 6.92 Å². The largest absolute Gasteiger partial charge is 0.466 e. The summed E-state index contributed by atoms with van der Waals surface area (Å²) in [6.07, 6.45) is -8.38. The number of alkyl halides is 3. The molecule has 0 spiro atoms. The summed E-state index contributed by atoms with van der Waals surface area (Å²) in [5, 5.41) is 0. The molecule has 0 radical (unpaired) electrons. The van der Waals surface area contributed by atoms with Gasteiger partial charge in [-0.3, -0.25) is 8.98 Å². The van der Waals surface area contributed by atoms with E-state index in [1.54, 1.807) is 0 Å². The molecule has 0 amide bonds. The van der Waals surface area contributed by atoms with Crippen LogP contribution in [0.4, 0.5) is 13.2 Å². The standard InChI is InChI=1S/C7H11F3O5S/c1-3-14-6(11)4-5(7(8,9)10)15-16(2,12)13/h5H,3-4H2,1-2H3. The highest BCUT2D eigenvalue weighted by Gasteiger charge is 2.44. The third-order valence-electron chi connectivity index (χ3n) is 1.31. The van der Waals surface area contributed by atoms with Crippen LogP contribution >= 0.6 is 0 Å². The first-order valence-electron chi connectivity index (χ1n) is 4.17. The van der Waals surface area contributed by atoms with Crippen LogP contribution < -0.4 is 0 Å². The van der Waals surface area contributed by atoms with Crippen molar-refractivity contribution in [1.29, 1.82) is 0 Å². The molecule has 16 heavy (non-hydrogen) atoms. The van der Waals surface area contributed by atoms with Crippen molar-refractivity contribution in [3.63, 3.8) is 0 Å². The number of hydrogen-bond acceptors (Lipinski definition) is 5. The van der Waals surface area contributed by atoms with Crippen LogP contribution in [0.25, 0.3) is 0 Å². The molecule has 9 heteroatoms. The highest BCUT2D eigenvalue weighted by molar-refractivity contribution is 7.86. The Hall–Kier alpha value is -0.830. The number of rotatable bonds is 5. The van der Waals surface area contributed by atoms with E-state index < -0.39 is 34.8 Å². The molecule has 5 nitrogen and oxygen atoms in total. The lowest BCUT2D eigenvalue weighted by molar-refractivity contribution is -0.200. The van der Waals surface area contributed by atoms with E-state index in [0.717, 1.165) is 0 Å². The quantitative estimate of drug-likeness (QED) is 0.543. The molecule has 0 N–H and O–H groups in total. The fourth-order valence-electron chi connectivity index (χ4n) is 0.787. The monoisotopic (exact) mass is 264 g/mol. The maximum absolute atomic E-state index is 12.3. The Morgan fingerprint density at radius 3 is 2.19 bits per heavy atom. The predicted molar refractivity (Wildman–Crippen MR) is 47.0 cm³/mol. The van der Waals surface area contributed by atoms with E-state index in [9.17, 15) is 26.4 Å². The molecule has 0 aliphatic heterocycles. The molecule has 96 valence electrons. The SMILES string of the molecule is CCOC(=O)CC(OS(C)(=O)=O)C(F)(F)F. The second kappa shape index (κ2) is 5.48. The van der Waals surface area contributed by atoms with Crippen LogP contribution in [0.15, 0.2) is 0 Å². The Balaban J connectivity index is 4.65. The maximum Gasteiger partial charge on any atom is 0.416 e. The van der Waals surface area contributed by atoms with Gasteiger partial charge in [0, 0.05) is 0 Å². The fraction of sp³-hybridized carbons (Fsp3) is 0.857. The number of carbonyl (C=O) groups is 1. The van der Waals surface area contributed by atoms with Crippen LogP contribution in [0.2, 0.25) is 0 Å². The molecular weight excluding hydrogens is 253 g/mol. The van der Waals surface area contributed by atoms with E-state index in [4.69, 9.17) is 0 Å². The first kappa shape index (κ1) is 15.2. The third-order valence-corrected chi connectivity index (χ3v) is 1.90. The van der Waals surface area contributed by atoms with Crippen molar-refractivity contribution < 1.29 is 35.3 Å². The number of hydrogen-bond donors (Lipinski definition) is 0. The molecule has 0 saturated heterocycles. The molecular formula is C7H11F3O5S. The van der Waals surface area contributed by atoms with Gasteiger partial charge in [0.15, 0.2) is 6.10 Å². The van der Waals surface area contributed by atoms with Crippen LogP contribution in [0, 0.1) is 0 Å². The van der Waals surface area contributed by atoms with Gasteiger partial charge in [-0.05, 0) is 6.92 Å². The first-order chi connectivity index (χ1) is 7.06. The first-order valence-corrected chi connectivity index (χ1v) is 5.98. The van der Waals surface area contributed by atoms with E-state index in [1.807, 2.05) is 0 Å². The van der Waals surface area contributed by atoms with Gasteiger partial charge in [-0.2, -0.15) is 21.6 Å². The van der Waals surface area contributed by atoms with Gasteiger partial charge in [0.05, 0.1) is 19.3 Å². The minimum Gasteiger partial charge on any atom is -0.466 e. The number of ether oxygens (including phenoxy) is 1. The van der Waals surface area contributed by atoms with Crippen molar-refractivity contribution >= 4 is 16.1 Å². The Bertz CT molecular complexity index is 334. The lowest BCUT2D eigenvalue weighted by atomic mass is 10.2. The van der Waals surface area contributed by atoms with Crippen LogP contribution in [0.1, 0.15) is 13.3 Å². The fourth-order valence-corrected chi connectivity index (χ4v) is 1.39. The minimum absolute atomic E-state index is 0.0950. The zero-order valence-corrected chi connectivity index (χ0v) is 9.39. The molecule has 0 rings (SSSR count). The summed E-state index contributed by atoms with van der Waals surface area (Å²) < 4.78 is 65.9. The molecule has 1 unspecified atom stereocenters. The Kier molecular flexibility index (Phi) is 5.20. The van der Waals surface area contributed by atoms with E-state index >= 15 is 0 Å². The Morgan fingerprint density at radius 2 is 1.88 bits per heavy atom. The van der Waals surface area contributed by atoms with Gasteiger partial charge in [-0.25, -0.2) is 0 Å². The normalized spacial score (nSPS) is 14.6. The van der Waals surface area contributed by atoms with Crippen molar-refractivity contribution in [2.24, 2.45) is 0 Å². The molecule has 0 aliphatic carbocycles. The second-order valence-electron chi connectivity index (χ2n) is 2.84. The van der Waals surface area contributed by atoms with Crippen molar-refractivity contribution in [3.8, 4) is 0 Å². The molecule has 0 heterocycles. The van der Waals surface area contributed by atoms with Gasteiger partial charge in [0.1, 0.15) is 0 Å². The average Bonchev–Trinajstić information content (AvgIpc) is 1.98. The third kappa shape index (κ3) is 6.62. The Morgan fingerprint density at radius 1 is 1.38 bits per heavy atom. The number of halogens is 3. The van der Waals surface area contributed by atoms with Crippen LogP contribution in [-0.4, -0.2) is 39.5 Å².